The third-order valence-electron chi connectivity index (χ3n) is 5.45. The van der Waals surface area contributed by atoms with Gasteiger partial charge in [0.25, 0.3) is 0 Å². The highest BCUT2D eigenvalue weighted by molar-refractivity contribution is 5.79. The predicted octanol–water partition coefficient (Wildman–Crippen LogP) is 1.34. The highest BCUT2D eigenvalue weighted by Gasteiger charge is 2.36. The first-order valence-corrected chi connectivity index (χ1v) is 9.53. The summed E-state index contributed by atoms with van der Waals surface area (Å²) in [7, 11) is 0. The van der Waals surface area contributed by atoms with Gasteiger partial charge in [-0.3, -0.25) is 14.5 Å². The quantitative estimate of drug-likeness (QED) is 0.862. The van der Waals surface area contributed by atoms with Crippen LogP contribution in [0.5, 0.6) is 5.75 Å². The Morgan fingerprint density at radius 2 is 1.73 bits per heavy atom. The fourth-order valence-electron chi connectivity index (χ4n) is 3.69. The Kier molecular flexibility index (Phi) is 5.81. The number of phenols is 1. The molecule has 2 aliphatic rings. The van der Waals surface area contributed by atoms with Crippen molar-refractivity contribution >= 4 is 11.8 Å². The molecule has 0 unspecified atom stereocenters. The number of para-hydroxylation sites is 1. The van der Waals surface area contributed by atoms with Crippen LogP contribution < -0.4 is 0 Å². The van der Waals surface area contributed by atoms with Gasteiger partial charge >= 0.3 is 0 Å². The number of phenolic OH excluding ortho intramolecular Hbond substituents is 1. The molecule has 2 amide bonds. The maximum atomic E-state index is 12.4. The van der Waals surface area contributed by atoms with Gasteiger partial charge in [0.2, 0.25) is 11.8 Å². The maximum absolute atomic E-state index is 12.4. The second kappa shape index (κ2) is 8.08. The molecule has 3 rings (SSSR count). The zero-order valence-corrected chi connectivity index (χ0v) is 15.7. The summed E-state index contributed by atoms with van der Waals surface area (Å²) >= 11 is 0. The molecule has 142 valence electrons. The zero-order chi connectivity index (χ0) is 18.7. The smallest absolute Gasteiger partial charge is 0.225 e. The van der Waals surface area contributed by atoms with Crippen molar-refractivity contribution in [3.05, 3.63) is 29.8 Å². The number of hydrogen-bond acceptors (Lipinski definition) is 4. The number of piperazine rings is 1. The second-order valence-electron chi connectivity index (χ2n) is 7.60. The maximum Gasteiger partial charge on any atom is 0.225 e. The predicted molar refractivity (Wildman–Crippen MR) is 99.8 cm³/mol. The molecule has 1 N–H and O–H groups in total. The Labute approximate surface area is 155 Å². The molecular weight excluding hydrogens is 330 g/mol. The molecule has 6 nitrogen and oxygen atoms in total. The Bertz CT molecular complexity index is 647. The molecule has 6 heteroatoms. The van der Waals surface area contributed by atoms with Crippen LogP contribution in [0.25, 0.3) is 0 Å². The first-order valence-electron chi connectivity index (χ1n) is 9.53. The number of benzene rings is 1. The molecule has 0 atom stereocenters. The largest absolute Gasteiger partial charge is 0.508 e. The summed E-state index contributed by atoms with van der Waals surface area (Å²) in [6.07, 6.45) is 0.998. The van der Waals surface area contributed by atoms with Gasteiger partial charge < -0.3 is 14.9 Å². The summed E-state index contributed by atoms with van der Waals surface area (Å²) in [5.41, 5.74) is 0.823. The van der Waals surface area contributed by atoms with Crippen LogP contribution in [-0.4, -0.2) is 76.9 Å². The molecule has 2 aliphatic heterocycles. The van der Waals surface area contributed by atoms with Gasteiger partial charge in [-0.1, -0.05) is 32.0 Å². The minimum absolute atomic E-state index is 0.0643. The Morgan fingerprint density at radius 3 is 2.35 bits per heavy atom. The number of carbonyl (C=O) groups excluding carboxylic acids is 2. The monoisotopic (exact) mass is 359 g/mol. The van der Waals surface area contributed by atoms with Crippen LogP contribution in [0.2, 0.25) is 0 Å². The van der Waals surface area contributed by atoms with Crippen molar-refractivity contribution < 1.29 is 14.7 Å². The number of carbonyl (C=O) groups is 2. The van der Waals surface area contributed by atoms with Crippen molar-refractivity contribution in [2.24, 2.45) is 5.92 Å². The molecule has 0 bridgehead atoms. The van der Waals surface area contributed by atoms with Crippen molar-refractivity contribution in [2.75, 3.05) is 39.3 Å². The first kappa shape index (κ1) is 18.7. The molecule has 1 aromatic carbocycles. The number of likely N-dealkylation sites (tertiary alicyclic amines) is 1. The van der Waals surface area contributed by atoms with Crippen molar-refractivity contribution in [3.63, 3.8) is 0 Å². The van der Waals surface area contributed by atoms with E-state index in [0.29, 0.717) is 18.9 Å². The molecule has 0 radical (unpaired) electrons. The number of aromatic hydroxyl groups is 1. The van der Waals surface area contributed by atoms with E-state index in [9.17, 15) is 14.7 Å². The standard InChI is InChI=1S/C20H29N3O3/c1-15(2)20(26)23-13-17(14-23)21-9-11-22(12-10-21)19(25)8-7-16-5-3-4-6-18(16)24/h3-6,15,17,24H,7-14H2,1-2H3. The molecule has 2 fully saturated rings. The number of aryl methyl sites for hydroxylation is 1. The summed E-state index contributed by atoms with van der Waals surface area (Å²) in [4.78, 5) is 30.6. The third-order valence-corrected chi connectivity index (χ3v) is 5.45. The first-order chi connectivity index (χ1) is 12.5. The van der Waals surface area contributed by atoms with E-state index in [-0.39, 0.29) is 23.5 Å². The van der Waals surface area contributed by atoms with Gasteiger partial charge in [0.1, 0.15) is 5.75 Å². The Hall–Kier alpha value is -2.08. The molecule has 0 aliphatic carbocycles. The molecule has 0 aromatic heterocycles. The van der Waals surface area contributed by atoms with E-state index < -0.39 is 0 Å². The van der Waals surface area contributed by atoms with Crippen molar-refractivity contribution in [1.29, 1.82) is 0 Å². The van der Waals surface area contributed by atoms with Gasteiger partial charge in [0.15, 0.2) is 0 Å². The van der Waals surface area contributed by atoms with Crippen LogP contribution in [0.15, 0.2) is 24.3 Å². The normalized spacial score (nSPS) is 18.9. The van der Waals surface area contributed by atoms with Gasteiger partial charge in [-0.05, 0) is 18.1 Å². The van der Waals surface area contributed by atoms with Gasteiger partial charge in [0, 0.05) is 57.6 Å². The van der Waals surface area contributed by atoms with Crippen LogP contribution in [0.3, 0.4) is 0 Å². The van der Waals surface area contributed by atoms with E-state index in [1.54, 1.807) is 12.1 Å². The van der Waals surface area contributed by atoms with Crippen LogP contribution in [0, 0.1) is 5.92 Å². The Morgan fingerprint density at radius 1 is 1.08 bits per heavy atom. The second-order valence-corrected chi connectivity index (χ2v) is 7.60. The van der Waals surface area contributed by atoms with E-state index in [2.05, 4.69) is 4.90 Å². The summed E-state index contributed by atoms with van der Waals surface area (Å²) in [5.74, 6) is 0.711. The average Bonchev–Trinajstić information content (AvgIpc) is 2.60. The van der Waals surface area contributed by atoms with Crippen LogP contribution in [-0.2, 0) is 16.0 Å². The summed E-state index contributed by atoms with van der Waals surface area (Å²) in [6.45, 7) is 8.75. The van der Waals surface area contributed by atoms with E-state index >= 15 is 0 Å². The van der Waals surface area contributed by atoms with Gasteiger partial charge in [-0.25, -0.2) is 0 Å². The number of rotatable bonds is 5. The highest BCUT2D eigenvalue weighted by atomic mass is 16.3. The minimum atomic E-state index is 0.0643. The number of nitrogens with zero attached hydrogens (tertiary/aromatic N) is 3. The van der Waals surface area contributed by atoms with Crippen LogP contribution >= 0.6 is 0 Å². The minimum Gasteiger partial charge on any atom is -0.508 e. The van der Waals surface area contributed by atoms with E-state index in [1.165, 1.54) is 0 Å². The SMILES string of the molecule is CC(C)C(=O)N1CC(N2CCN(C(=O)CCc3ccccc3O)CC2)C1. The average molecular weight is 359 g/mol. The molecule has 1 aromatic rings. The van der Waals surface area contributed by atoms with Crippen LogP contribution in [0.4, 0.5) is 0 Å². The van der Waals surface area contributed by atoms with Crippen molar-refractivity contribution in [3.8, 4) is 5.75 Å². The topological polar surface area (TPSA) is 64.1 Å². The highest BCUT2D eigenvalue weighted by Crippen LogP contribution is 2.20. The number of amides is 2. The molecule has 2 heterocycles. The van der Waals surface area contributed by atoms with Gasteiger partial charge in [0.05, 0.1) is 0 Å². The lowest BCUT2D eigenvalue weighted by Crippen LogP contribution is -2.65. The van der Waals surface area contributed by atoms with Crippen LogP contribution in [0.1, 0.15) is 25.8 Å². The lowest BCUT2D eigenvalue weighted by Gasteiger charge is -2.48. The summed E-state index contributed by atoms with van der Waals surface area (Å²) in [6, 6.07) is 7.63. The summed E-state index contributed by atoms with van der Waals surface area (Å²) in [5, 5.41) is 9.80. The van der Waals surface area contributed by atoms with Crippen molar-refractivity contribution in [2.45, 2.75) is 32.7 Å². The lowest BCUT2D eigenvalue weighted by atomic mass is 10.0. The van der Waals surface area contributed by atoms with Gasteiger partial charge in [-0.2, -0.15) is 0 Å². The number of hydrogen-bond donors (Lipinski definition) is 1. The fourth-order valence-corrected chi connectivity index (χ4v) is 3.69. The molecule has 0 saturated carbocycles. The van der Waals surface area contributed by atoms with E-state index in [0.717, 1.165) is 44.8 Å². The van der Waals surface area contributed by atoms with Gasteiger partial charge in [-0.15, -0.1) is 0 Å². The molecular formula is C20H29N3O3. The third kappa shape index (κ3) is 4.18. The van der Waals surface area contributed by atoms with Crippen molar-refractivity contribution in [1.82, 2.24) is 14.7 Å². The fraction of sp³-hybridized carbons (Fsp3) is 0.600. The molecule has 2 saturated heterocycles. The van der Waals surface area contributed by atoms with E-state index in [1.807, 2.05) is 35.8 Å². The zero-order valence-electron chi connectivity index (χ0n) is 15.7. The summed E-state index contributed by atoms with van der Waals surface area (Å²) < 4.78 is 0. The molecule has 0 spiro atoms. The Balaban J connectivity index is 1.39. The van der Waals surface area contributed by atoms with E-state index in [4.69, 9.17) is 0 Å². The lowest BCUT2D eigenvalue weighted by molar-refractivity contribution is -0.143. The molecule has 26 heavy (non-hydrogen) atoms.